The van der Waals surface area contributed by atoms with Gasteiger partial charge in [0, 0.05) is 10.6 Å². The Bertz CT molecular complexity index is 580. The summed E-state index contributed by atoms with van der Waals surface area (Å²) in [4.78, 5) is 11.4. The van der Waals surface area contributed by atoms with Crippen molar-refractivity contribution in [2.24, 2.45) is 0 Å². The number of rotatable bonds is 4. The lowest BCUT2D eigenvalue weighted by atomic mass is 10.2. The molecule has 0 radical (unpaired) electrons. The van der Waals surface area contributed by atoms with Gasteiger partial charge in [-0.1, -0.05) is 22.9 Å². The van der Waals surface area contributed by atoms with Gasteiger partial charge in [0.2, 0.25) is 0 Å². The fraction of sp³-hybridized carbons (Fsp3) is 0.250. The summed E-state index contributed by atoms with van der Waals surface area (Å²) in [6.45, 7) is 2.05. The Labute approximate surface area is 113 Å². The van der Waals surface area contributed by atoms with E-state index in [1.54, 1.807) is 13.0 Å². The van der Waals surface area contributed by atoms with E-state index in [0.29, 0.717) is 10.6 Å². The van der Waals surface area contributed by atoms with Gasteiger partial charge in [0.1, 0.15) is 5.82 Å². The quantitative estimate of drug-likeness (QED) is 0.808. The fourth-order valence-corrected chi connectivity index (χ4v) is 1.74. The van der Waals surface area contributed by atoms with Crippen LogP contribution in [0.15, 0.2) is 24.4 Å². The van der Waals surface area contributed by atoms with Crippen molar-refractivity contribution in [3.8, 4) is 0 Å². The van der Waals surface area contributed by atoms with Crippen molar-refractivity contribution < 1.29 is 13.9 Å². The van der Waals surface area contributed by atoms with E-state index >= 15 is 0 Å². The summed E-state index contributed by atoms with van der Waals surface area (Å²) in [5, 5.41) is 7.70. The maximum Gasteiger partial charge on any atom is 0.360 e. The number of ether oxygens (including phenoxy) is 1. The molecule has 0 spiro atoms. The minimum absolute atomic E-state index is 0.0781. The second-order valence-corrected chi connectivity index (χ2v) is 4.13. The standard InChI is InChI=1S/C12H11ClFN3O2/c1-2-19-12(18)11-7-17(16-15-11)6-8-9(13)4-3-5-10(8)14/h3-5,7H,2,6H2,1H3. The molecule has 19 heavy (non-hydrogen) atoms. The van der Waals surface area contributed by atoms with Crippen LogP contribution in [0.4, 0.5) is 4.39 Å². The third-order valence-corrected chi connectivity index (χ3v) is 2.76. The van der Waals surface area contributed by atoms with Gasteiger partial charge in [-0.3, -0.25) is 0 Å². The average Bonchev–Trinajstić information content (AvgIpc) is 2.83. The summed E-state index contributed by atoms with van der Waals surface area (Å²) in [6.07, 6.45) is 1.39. The predicted octanol–water partition coefficient (Wildman–Crippen LogP) is 2.30. The van der Waals surface area contributed by atoms with E-state index in [-0.39, 0.29) is 18.8 Å². The molecule has 0 saturated carbocycles. The van der Waals surface area contributed by atoms with Crippen molar-refractivity contribution in [2.75, 3.05) is 6.61 Å². The fourth-order valence-electron chi connectivity index (χ4n) is 1.52. The highest BCUT2D eigenvalue weighted by Gasteiger charge is 2.13. The zero-order valence-corrected chi connectivity index (χ0v) is 10.9. The van der Waals surface area contributed by atoms with Crippen LogP contribution in [-0.4, -0.2) is 27.6 Å². The molecule has 0 fully saturated rings. The molecular formula is C12H11ClFN3O2. The van der Waals surface area contributed by atoms with Crippen LogP contribution >= 0.6 is 11.6 Å². The smallest absolute Gasteiger partial charge is 0.360 e. The summed E-state index contributed by atoms with van der Waals surface area (Å²) in [5.74, 6) is -0.992. The number of nitrogens with zero attached hydrogens (tertiary/aromatic N) is 3. The lowest BCUT2D eigenvalue weighted by Crippen LogP contribution is -2.05. The number of halogens is 2. The van der Waals surface area contributed by atoms with Gasteiger partial charge in [0.25, 0.3) is 0 Å². The lowest BCUT2D eigenvalue weighted by molar-refractivity contribution is 0.0519. The van der Waals surface area contributed by atoms with Crippen LogP contribution in [0, 0.1) is 5.82 Å². The first-order valence-corrected chi connectivity index (χ1v) is 5.99. The number of hydrogen-bond acceptors (Lipinski definition) is 4. The molecule has 0 amide bonds. The van der Waals surface area contributed by atoms with E-state index in [4.69, 9.17) is 16.3 Å². The van der Waals surface area contributed by atoms with Crippen LogP contribution < -0.4 is 0 Å². The first kappa shape index (κ1) is 13.5. The van der Waals surface area contributed by atoms with Crippen LogP contribution in [0.3, 0.4) is 0 Å². The van der Waals surface area contributed by atoms with Crippen molar-refractivity contribution in [3.05, 3.63) is 46.5 Å². The summed E-state index contributed by atoms with van der Waals surface area (Å²) < 4.78 is 19.7. The van der Waals surface area contributed by atoms with Crippen molar-refractivity contribution in [1.29, 1.82) is 0 Å². The van der Waals surface area contributed by atoms with Crippen molar-refractivity contribution in [1.82, 2.24) is 15.0 Å². The first-order valence-electron chi connectivity index (χ1n) is 5.62. The first-order chi connectivity index (χ1) is 9.11. The molecule has 0 aliphatic rings. The summed E-state index contributed by atoms with van der Waals surface area (Å²) >= 11 is 5.91. The Hall–Kier alpha value is -1.95. The molecular weight excluding hydrogens is 273 g/mol. The summed E-state index contributed by atoms with van der Waals surface area (Å²) in [5.41, 5.74) is 0.374. The van der Waals surface area contributed by atoms with Crippen LogP contribution in [0.2, 0.25) is 5.02 Å². The van der Waals surface area contributed by atoms with Crippen LogP contribution in [0.25, 0.3) is 0 Å². The minimum Gasteiger partial charge on any atom is -0.461 e. The number of aromatic nitrogens is 3. The van der Waals surface area contributed by atoms with Crippen molar-refractivity contribution in [3.63, 3.8) is 0 Å². The van der Waals surface area contributed by atoms with E-state index in [9.17, 15) is 9.18 Å². The molecule has 1 aromatic carbocycles. The highest BCUT2D eigenvalue weighted by atomic mass is 35.5. The average molecular weight is 284 g/mol. The van der Waals surface area contributed by atoms with E-state index in [2.05, 4.69) is 10.3 Å². The van der Waals surface area contributed by atoms with Crippen molar-refractivity contribution in [2.45, 2.75) is 13.5 Å². The number of hydrogen-bond donors (Lipinski definition) is 0. The van der Waals surface area contributed by atoms with Gasteiger partial charge in [-0.15, -0.1) is 5.10 Å². The van der Waals surface area contributed by atoms with E-state index in [1.807, 2.05) is 0 Å². The molecule has 0 N–H and O–H groups in total. The summed E-state index contributed by atoms with van der Waals surface area (Å²) in [6, 6.07) is 4.42. The molecule has 1 heterocycles. The number of benzene rings is 1. The van der Waals surface area contributed by atoms with Gasteiger partial charge in [-0.25, -0.2) is 13.9 Å². The van der Waals surface area contributed by atoms with Crippen LogP contribution in [0.5, 0.6) is 0 Å². The van der Waals surface area contributed by atoms with E-state index in [0.717, 1.165) is 0 Å². The van der Waals surface area contributed by atoms with Gasteiger partial charge in [0.05, 0.1) is 19.3 Å². The number of carbonyl (C=O) groups excluding carboxylic acids is 1. The molecule has 0 saturated heterocycles. The molecule has 2 rings (SSSR count). The Kier molecular flexibility index (Phi) is 4.11. The Morgan fingerprint density at radius 3 is 3.00 bits per heavy atom. The molecule has 0 unspecified atom stereocenters. The Morgan fingerprint density at radius 2 is 2.32 bits per heavy atom. The van der Waals surface area contributed by atoms with E-state index < -0.39 is 11.8 Å². The molecule has 0 bridgehead atoms. The largest absolute Gasteiger partial charge is 0.461 e. The molecule has 0 aliphatic heterocycles. The second kappa shape index (κ2) is 5.79. The molecule has 0 atom stereocenters. The topological polar surface area (TPSA) is 57.0 Å². The second-order valence-electron chi connectivity index (χ2n) is 3.72. The highest BCUT2D eigenvalue weighted by Crippen LogP contribution is 2.19. The monoisotopic (exact) mass is 283 g/mol. The predicted molar refractivity (Wildman–Crippen MR) is 66.5 cm³/mol. The molecule has 2 aromatic rings. The number of carbonyl (C=O) groups is 1. The van der Waals surface area contributed by atoms with Crippen molar-refractivity contribution >= 4 is 17.6 Å². The minimum atomic E-state index is -0.562. The van der Waals surface area contributed by atoms with Crippen LogP contribution in [-0.2, 0) is 11.3 Å². The maximum absolute atomic E-state index is 13.6. The molecule has 1 aromatic heterocycles. The zero-order valence-electron chi connectivity index (χ0n) is 10.1. The SMILES string of the molecule is CCOC(=O)c1cn(Cc2c(F)cccc2Cl)nn1. The third-order valence-electron chi connectivity index (χ3n) is 2.41. The summed E-state index contributed by atoms with van der Waals surface area (Å²) in [7, 11) is 0. The zero-order chi connectivity index (χ0) is 13.8. The Balaban J connectivity index is 2.18. The number of esters is 1. The molecule has 5 nitrogen and oxygen atoms in total. The van der Waals surface area contributed by atoms with Crippen LogP contribution in [0.1, 0.15) is 23.0 Å². The molecule has 0 aliphatic carbocycles. The molecule has 7 heteroatoms. The third kappa shape index (κ3) is 3.08. The normalized spacial score (nSPS) is 10.5. The maximum atomic E-state index is 13.6. The van der Waals surface area contributed by atoms with Gasteiger partial charge in [-0.05, 0) is 19.1 Å². The highest BCUT2D eigenvalue weighted by molar-refractivity contribution is 6.31. The molecule has 100 valence electrons. The van der Waals surface area contributed by atoms with Gasteiger partial charge in [-0.2, -0.15) is 0 Å². The Morgan fingerprint density at radius 1 is 1.53 bits per heavy atom. The van der Waals surface area contributed by atoms with E-state index in [1.165, 1.54) is 23.0 Å². The van der Waals surface area contributed by atoms with Gasteiger partial charge < -0.3 is 4.74 Å². The van der Waals surface area contributed by atoms with Gasteiger partial charge in [0.15, 0.2) is 5.69 Å². The van der Waals surface area contributed by atoms with Gasteiger partial charge >= 0.3 is 5.97 Å². The lowest BCUT2D eigenvalue weighted by Gasteiger charge is -2.04.